The van der Waals surface area contributed by atoms with Crippen molar-refractivity contribution in [1.82, 2.24) is 20.4 Å². The van der Waals surface area contributed by atoms with Crippen LogP contribution in [0.2, 0.25) is 0 Å². The molecule has 0 spiro atoms. The molecule has 0 bridgehead atoms. The summed E-state index contributed by atoms with van der Waals surface area (Å²) in [5, 5.41) is 6.83. The average molecular weight is 354 g/mol. The zero-order valence-electron chi connectivity index (χ0n) is 15.9. The fourth-order valence-electron chi connectivity index (χ4n) is 3.92. The van der Waals surface area contributed by atoms with E-state index in [4.69, 9.17) is 14.5 Å². The Morgan fingerprint density at radius 1 is 1.24 bits per heavy atom. The highest BCUT2D eigenvalue weighted by atomic mass is 16.5. The molecule has 3 rings (SSSR count). The van der Waals surface area contributed by atoms with Gasteiger partial charge >= 0.3 is 0 Å². The van der Waals surface area contributed by atoms with E-state index in [9.17, 15) is 0 Å². The normalized spacial score (nSPS) is 30.1. The molecular formula is C18H35N5O2. The summed E-state index contributed by atoms with van der Waals surface area (Å²) < 4.78 is 11.5. The van der Waals surface area contributed by atoms with Crippen LogP contribution in [0.25, 0.3) is 0 Å². The first kappa shape index (κ1) is 18.9. The Morgan fingerprint density at radius 3 is 2.88 bits per heavy atom. The number of rotatable bonds is 6. The van der Waals surface area contributed by atoms with Crippen molar-refractivity contribution in [2.75, 3.05) is 65.6 Å². The number of nitrogens with zero attached hydrogens (tertiary/aromatic N) is 3. The van der Waals surface area contributed by atoms with E-state index in [0.29, 0.717) is 12.1 Å². The lowest BCUT2D eigenvalue weighted by molar-refractivity contribution is -0.0453. The first-order valence-corrected chi connectivity index (χ1v) is 9.96. The highest BCUT2D eigenvalue weighted by Crippen LogP contribution is 2.22. The minimum Gasteiger partial charge on any atom is -0.379 e. The number of morpholine rings is 2. The molecule has 3 fully saturated rings. The maximum atomic E-state index is 6.03. The number of ether oxygens (including phenoxy) is 2. The van der Waals surface area contributed by atoms with E-state index < -0.39 is 0 Å². The lowest BCUT2D eigenvalue weighted by atomic mass is 10.2. The van der Waals surface area contributed by atoms with Gasteiger partial charge in [0.25, 0.3) is 0 Å². The molecule has 0 amide bonds. The molecule has 25 heavy (non-hydrogen) atoms. The number of hydrogen-bond acceptors (Lipinski definition) is 5. The van der Waals surface area contributed by atoms with Crippen LogP contribution in [0.5, 0.6) is 0 Å². The quantitative estimate of drug-likeness (QED) is 0.523. The van der Waals surface area contributed by atoms with Crippen molar-refractivity contribution in [3.05, 3.63) is 0 Å². The van der Waals surface area contributed by atoms with Gasteiger partial charge in [-0.3, -0.25) is 14.8 Å². The molecule has 3 aliphatic rings. The molecule has 3 aliphatic heterocycles. The molecule has 0 saturated carbocycles. The van der Waals surface area contributed by atoms with E-state index in [2.05, 4.69) is 34.3 Å². The summed E-state index contributed by atoms with van der Waals surface area (Å²) in [7, 11) is 0. The van der Waals surface area contributed by atoms with Gasteiger partial charge in [0, 0.05) is 44.8 Å². The second kappa shape index (κ2) is 9.71. The molecule has 3 unspecified atom stereocenters. The van der Waals surface area contributed by atoms with E-state index >= 15 is 0 Å². The van der Waals surface area contributed by atoms with Crippen LogP contribution in [-0.2, 0) is 9.47 Å². The molecule has 0 aromatic carbocycles. The summed E-state index contributed by atoms with van der Waals surface area (Å²) in [6, 6.07) is 1.10. The van der Waals surface area contributed by atoms with E-state index in [1.807, 2.05) is 0 Å². The molecule has 0 aromatic heterocycles. The second-order valence-corrected chi connectivity index (χ2v) is 7.34. The van der Waals surface area contributed by atoms with Crippen LogP contribution >= 0.6 is 0 Å². The lowest BCUT2D eigenvalue weighted by Crippen LogP contribution is -2.51. The van der Waals surface area contributed by atoms with E-state index in [0.717, 1.165) is 65.0 Å². The van der Waals surface area contributed by atoms with Gasteiger partial charge in [-0.25, -0.2) is 0 Å². The molecule has 2 N–H and O–H groups in total. The van der Waals surface area contributed by atoms with Crippen molar-refractivity contribution in [2.45, 2.75) is 44.9 Å². The smallest absolute Gasteiger partial charge is 0.191 e. The minimum atomic E-state index is 0.259. The van der Waals surface area contributed by atoms with Crippen LogP contribution in [0.4, 0.5) is 0 Å². The largest absolute Gasteiger partial charge is 0.379 e. The van der Waals surface area contributed by atoms with Crippen LogP contribution in [0.1, 0.15) is 26.7 Å². The molecule has 7 nitrogen and oxygen atoms in total. The molecule has 7 heteroatoms. The van der Waals surface area contributed by atoms with Gasteiger partial charge in [0.15, 0.2) is 5.96 Å². The Bertz CT molecular complexity index is 428. The van der Waals surface area contributed by atoms with E-state index in [-0.39, 0.29) is 6.10 Å². The van der Waals surface area contributed by atoms with Gasteiger partial charge in [-0.05, 0) is 33.2 Å². The lowest BCUT2D eigenvalue weighted by Gasteiger charge is -2.35. The highest BCUT2D eigenvalue weighted by molar-refractivity contribution is 5.79. The van der Waals surface area contributed by atoms with Crippen LogP contribution in [0.3, 0.4) is 0 Å². The molecule has 0 aromatic rings. The van der Waals surface area contributed by atoms with E-state index in [1.165, 1.54) is 19.4 Å². The molecule has 3 saturated heterocycles. The standard InChI is InChI=1S/C18H35N5O2/c1-3-19-18(20-11-15(2)22-7-9-24-10-8-22)21-12-17-13-23-6-4-5-16(23)14-25-17/h15-17H,3-14H2,1-2H3,(H2,19,20,21). The molecule has 3 atom stereocenters. The summed E-state index contributed by atoms with van der Waals surface area (Å²) in [4.78, 5) is 9.82. The fourth-order valence-corrected chi connectivity index (χ4v) is 3.92. The summed E-state index contributed by atoms with van der Waals surface area (Å²) in [5.74, 6) is 0.898. The van der Waals surface area contributed by atoms with Gasteiger partial charge in [0.1, 0.15) is 0 Å². The Labute approximate surface area is 152 Å². The summed E-state index contributed by atoms with van der Waals surface area (Å²) >= 11 is 0. The van der Waals surface area contributed by atoms with Crippen molar-refractivity contribution >= 4 is 5.96 Å². The Balaban J connectivity index is 1.43. The molecule has 144 valence electrons. The summed E-state index contributed by atoms with van der Waals surface area (Å²) in [6.45, 7) is 13.7. The number of hydrogen-bond donors (Lipinski definition) is 2. The summed E-state index contributed by atoms with van der Waals surface area (Å²) in [5.41, 5.74) is 0. The number of aliphatic imine (C=N–C) groups is 1. The van der Waals surface area contributed by atoms with Crippen molar-refractivity contribution in [2.24, 2.45) is 4.99 Å². The Hall–Kier alpha value is -0.890. The maximum absolute atomic E-state index is 6.03. The zero-order valence-corrected chi connectivity index (χ0v) is 15.9. The number of nitrogens with one attached hydrogen (secondary N) is 2. The van der Waals surface area contributed by atoms with Gasteiger partial charge in [-0.1, -0.05) is 0 Å². The third-order valence-electron chi connectivity index (χ3n) is 5.49. The topological polar surface area (TPSA) is 61.4 Å². The highest BCUT2D eigenvalue weighted by Gasteiger charge is 2.32. The van der Waals surface area contributed by atoms with Crippen molar-refractivity contribution in [3.8, 4) is 0 Å². The molecular weight excluding hydrogens is 318 g/mol. The SMILES string of the molecule is CCNC(=NCC(C)N1CCOCC1)NCC1CN2CCCC2CO1. The van der Waals surface area contributed by atoms with Crippen LogP contribution < -0.4 is 10.6 Å². The first-order valence-electron chi connectivity index (χ1n) is 9.96. The first-order chi connectivity index (χ1) is 12.3. The van der Waals surface area contributed by atoms with Gasteiger partial charge in [-0.15, -0.1) is 0 Å². The molecule has 0 radical (unpaired) electrons. The van der Waals surface area contributed by atoms with Gasteiger partial charge < -0.3 is 20.1 Å². The van der Waals surface area contributed by atoms with E-state index in [1.54, 1.807) is 0 Å². The Morgan fingerprint density at radius 2 is 2.08 bits per heavy atom. The monoisotopic (exact) mass is 353 g/mol. The molecule has 3 heterocycles. The molecule has 0 aliphatic carbocycles. The van der Waals surface area contributed by atoms with Crippen molar-refractivity contribution in [1.29, 1.82) is 0 Å². The van der Waals surface area contributed by atoms with Gasteiger partial charge in [0.2, 0.25) is 0 Å². The van der Waals surface area contributed by atoms with Crippen LogP contribution in [0, 0.1) is 0 Å². The predicted octanol–water partition coefficient (Wildman–Crippen LogP) is 0.125. The number of guanidine groups is 1. The van der Waals surface area contributed by atoms with Crippen molar-refractivity contribution in [3.63, 3.8) is 0 Å². The van der Waals surface area contributed by atoms with Crippen molar-refractivity contribution < 1.29 is 9.47 Å². The van der Waals surface area contributed by atoms with Crippen LogP contribution in [-0.4, -0.2) is 99.6 Å². The fraction of sp³-hybridized carbons (Fsp3) is 0.944. The van der Waals surface area contributed by atoms with Gasteiger partial charge in [0.05, 0.1) is 32.5 Å². The zero-order chi connectivity index (χ0) is 17.5. The Kier molecular flexibility index (Phi) is 7.34. The minimum absolute atomic E-state index is 0.259. The second-order valence-electron chi connectivity index (χ2n) is 7.34. The third kappa shape index (κ3) is 5.54. The van der Waals surface area contributed by atoms with Crippen LogP contribution in [0.15, 0.2) is 4.99 Å². The maximum Gasteiger partial charge on any atom is 0.191 e. The third-order valence-corrected chi connectivity index (χ3v) is 5.49. The predicted molar refractivity (Wildman–Crippen MR) is 100 cm³/mol. The average Bonchev–Trinajstić information content (AvgIpc) is 3.12. The summed E-state index contributed by atoms with van der Waals surface area (Å²) in [6.07, 6.45) is 2.87. The number of fused-ring (bicyclic) bond motifs is 1. The van der Waals surface area contributed by atoms with Gasteiger partial charge in [-0.2, -0.15) is 0 Å².